The van der Waals surface area contributed by atoms with Gasteiger partial charge in [-0.15, -0.1) is 0 Å². The first-order valence-electron chi connectivity index (χ1n) is 6.97. The van der Waals surface area contributed by atoms with Crippen LogP contribution in [0.5, 0.6) is 17.2 Å². The van der Waals surface area contributed by atoms with Crippen LogP contribution in [0.4, 0.5) is 4.39 Å². The molecule has 0 fully saturated rings. The van der Waals surface area contributed by atoms with Crippen molar-refractivity contribution in [1.82, 2.24) is 5.32 Å². The minimum atomic E-state index is -0.353. The molecule has 0 radical (unpaired) electrons. The second-order valence-corrected chi connectivity index (χ2v) is 4.74. The van der Waals surface area contributed by atoms with E-state index in [1.54, 1.807) is 20.3 Å². The summed E-state index contributed by atoms with van der Waals surface area (Å²) in [4.78, 5) is 11.8. The van der Waals surface area contributed by atoms with Gasteiger partial charge in [-0.25, -0.2) is 4.39 Å². The van der Waals surface area contributed by atoms with Crippen molar-refractivity contribution < 1.29 is 23.4 Å². The van der Waals surface area contributed by atoms with Crippen LogP contribution in [-0.4, -0.2) is 26.7 Å². The Bertz CT molecular complexity index is 636. The van der Waals surface area contributed by atoms with E-state index in [0.29, 0.717) is 23.8 Å². The second-order valence-electron chi connectivity index (χ2n) is 4.74. The summed E-state index contributed by atoms with van der Waals surface area (Å²) in [5.74, 6) is 1.10. The van der Waals surface area contributed by atoms with Crippen molar-refractivity contribution in [2.75, 3.05) is 20.8 Å². The topological polar surface area (TPSA) is 56.8 Å². The van der Waals surface area contributed by atoms with Gasteiger partial charge < -0.3 is 19.5 Å². The standard InChI is InChI=1S/C17H18FNO4/c1-21-15-7-12(8-16(9-15)22-2)10-19-17(20)11-23-14-5-3-13(18)4-6-14/h3-9H,10-11H2,1-2H3,(H,19,20). The van der Waals surface area contributed by atoms with Gasteiger partial charge in [-0.05, 0) is 42.0 Å². The average molecular weight is 319 g/mol. The van der Waals surface area contributed by atoms with Gasteiger partial charge in [-0.2, -0.15) is 0 Å². The molecule has 2 aromatic carbocycles. The molecule has 0 spiro atoms. The summed E-state index contributed by atoms with van der Waals surface area (Å²) >= 11 is 0. The first-order valence-corrected chi connectivity index (χ1v) is 6.97. The molecule has 1 amide bonds. The van der Waals surface area contributed by atoms with Gasteiger partial charge in [0.05, 0.1) is 14.2 Å². The van der Waals surface area contributed by atoms with Gasteiger partial charge in [0.15, 0.2) is 6.61 Å². The van der Waals surface area contributed by atoms with E-state index in [1.807, 2.05) is 12.1 Å². The van der Waals surface area contributed by atoms with Crippen LogP contribution in [-0.2, 0) is 11.3 Å². The summed E-state index contributed by atoms with van der Waals surface area (Å²) in [5, 5.41) is 2.73. The summed E-state index contributed by atoms with van der Waals surface area (Å²) in [6.07, 6.45) is 0. The third kappa shape index (κ3) is 5.18. The van der Waals surface area contributed by atoms with Crippen LogP contribution in [0.25, 0.3) is 0 Å². The molecule has 0 aliphatic rings. The Morgan fingerprint density at radius 2 is 1.61 bits per heavy atom. The Morgan fingerprint density at radius 1 is 1.00 bits per heavy atom. The zero-order valence-corrected chi connectivity index (χ0v) is 13.0. The van der Waals surface area contributed by atoms with Crippen LogP contribution in [0.1, 0.15) is 5.56 Å². The second kappa shape index (κ2) is 8.03. The fourth-order valence-corrected chi connectivity index (χ4v) is 1.90. The lowest BCUT2D eigenvalue weighted by Gasteiger charge is -2.10. The van der Waals surface area contributed by atoms with Gasteiger partial charge in [0.25, 0.3) is 5.91 Å². The normalized spacial score (nSPS) is 10.0. The predicted octanol–water partition coefficient (Wildman–Crippen LogP) is 2.54. The molecule has 0 saturated carbocycles. The van der Waals surface area contributed by atoms with Gasteiger partial charge >= 0.3 is 0 Å². The van der Waals surface area contributed by atoms with Crippen molar-refractivity contribution in [3.05, 3.63) is 53.8 Å². The molecule has 6 heteroatoms. The number of benzene rings is 2. The van der Waals surface area contributed by atoms with Gasteiger partial charge in [0.1, 0.15) is 23.1 Å². The number of hydrogen-bond acceptors (Lipinski definition) is 4. The third-order valence-electron chi connectivity index (χ3n) is 3.08. The molecule has 2 rings (SSSR count). The summed E-state index contributed by atoms with van der Waals surface area (Å²) in [6.45, 7) is 0.173. The minimum Gasteiger partial charge on any atom is -0.497 e. The maximum absolute atomic E-state index is 12.8. The van der Waals surface area contributed by atoms with Gasteiger partial charge in [0.2, 0.25) is 0 Å². The fourth-order valence-electron chi connectivity index (χ4n) is 1.90. The van der Waals surface area contributed by atoms with E-state index in [-0.39, 0.29) is 18.3 Å². The molecule has 0 aliphatic carbocycles. The van der Waals surface area contributed by atoms with Crippen molar-refractivity contribution in [1.29, 1.82) is 0 Å². The van der Waals surface area contributed by atoms with Crippen LogP contribution in [0.2, 0.25) is 0 Å². The molecule has 0 atom stereocenters. The number of hydrogen-bond donors (Lipinski definition) is 1. The predicted molar refractivity (Wildman–Crippen MR) is 83.3 cm³/mol. The number of ether oxygens (including phenoxy) is 3. The molecule has 122 valence electrons. The number of amides is 1. The van der Waals surface area contributed by atoms with E-state index >= 15 is 0 Å². The lowest BCUT2D eigenvalue weighted by Crippen LogP contribution is -2.28. The van der Waals surface area contributed by atoms with Crippen molar-refractivity contribution in [2.24, 2.45) is 0 Å². The molecule has 0 aromatic heterocycles. The third-order valence-corrected chi connectivity index (χ3v) is 3.08. The highest BCUT2D eigenvalue weighted by Crippen LogP contribution is 2.22. The number of methoxy groups -OCH3 is 2. The molecule has 0 aliphatic heterocycles. The molecule has 0 heterocycles. The Morgan fingerprint density at radius 3 is 2.17 bits per heavy atom. The number of carbonyl (C=O) groups is 1. The summed E-state index contributed by atoms with van der Waals surface area (Å²) in [7, 11) is 3.13. The first kappa shape index (κ1) is 16.6. The van der Waals surface area contributed by atoms with E-state index in [1.165, 1.54) is 24.3 Å². The Balaban J connectivity index is 1.85. The van der Waals surface area contributed by atoms with E-state index in [4.69, 9.17) is 14.2 Å². The minimum absolute atomic E-state index is 0.146. The smallest absolute Gasteiger partial charge is 0.258 e. The Hall–Kier alpha value is -2.76. The zero-order chi connectivity index (χ0) is 16.7. The number of rotatable bonds is 7. The SMILES string of the molecule is COc1cc(CNC(=O)COc2ccc(F)cc2)cc(OC)c1. The summed E-state index contributed by atoms with van der Waals surface area (Å²) < 4.78 is 28.4. The van der Waals surface area contributed by atoms with E-state index in [2.05, 4.69) is 5.32 Å². The lowest BCUT2D eigenvalue weighted by molar-refractivity contribution is -0.123. The highest BCUT2D eigenvalue weighted by molar-refractivity contribution is 5.77. The van der Waals surface area contributed by atoms with Crippen molar-refractivity contribution in [2.45, 2.75) is 6.54 Å². The van der Waals surface area contributed by atoms with Gasteiger partial charge in [-0.3, -0.25) is 4.79 Å². The first-order chi connectivity index (χ1) is 11.1. The fraction of sp³-hybridized carbons (Fsp3) is 0.235. The van der Waals surface area contributed by atoms with E-state index < -0.39 is 0 Å². The largest absolute Gasteiger partial charge is 0.497 e. The van der Waals surface area contributed by atoms with Gasteiger partial charge in [-0.1, -0.05) is 0 Å². The summed E-state index contributed by atoms with van der Waals surface area (Å²) in [6, 6.07) is 10.9. The molecular weight excluding hydrogens is 301 g/mol. The van der Waals surface area contributed by atoms with Crippen LogP contribution in [0.3, 0.4) is 0 Å². The highest BCUT2D eigenvalue weighted by atomic mass is 19.1. The molecule has 2 aromatic rings. The van der Waals surface area contributed by atoms with E-state index in [0.717, 1.165) is 5.56 Å². The average Bonchev–Trinajstić information content (AvgIpc) is 2.59. The van der Waals surface area contributed by atoms with Crippen LogP contribution in [0, 0.1) is 5.82 Å². The number of halogens is 1. The summed E-state index contributed by atoms with van der Waals surface area (Å²) in [5.41, 5.74) is 0.844. The maximum Gasteiger partial charge on any atom is 0.258 e. The molecule has 1 N–H and O–H groups in total. The van der Waals surface area contributed by atoms with Crippen molar-refractivity contribution >= 4 is 5.91 Å². The van der Waals surface area contributed by atoms with Crippen LogP contribution in [0.15, 0.2) is 42.5 Å². The Kier molecular flexibility index (Phi) is 5.80. The van der Waals surface area contributed by atoms with Crippen LogP contribution < -0.4 is 19.5 Å². The van der Waals surface area contributed by atoms with Gasteiger partial charge in [0, 0.05) is 12.6 Å². The zero-order valence-electron chi connectivity index (χ0n) is 13.0. The van der Waals surface area contributed by atoms with Crippen molar-refractivity contribution in [3.8, 4) is 17.2 Å². The highest BCUT2D eigenvalue weighted by Gasteiger charge is 2.06. The molecule has 5 nitrogen and oxygen atoms in total. The van der Waals surface area contributed by atoms with E-state index in [9.17, 15) is 9.18 Å². The quantitative estimate of drug-likeness (QED) is 0.852. The monoisotopic (exact) mass is 319 g/mol. The Labute approximate surface area is 134 Å². The molecule has 0 saturated heterocycles. The molecular formula is C17H18FNO4. The number of nitrogens with one attached hydrogen (secondary N) is 1. The molecule has 23 heavy (non-hydrogen) atoms. The lowest BCUT2D eigenvalue weighted by atomic mass is 10.2. The maximum atomic E-state index is 12.8. The molecule has 0 bridgehead atoms. The van der Waals surface area contributed by atoms with Crippen molar-refractivity contribution in [3.63, 3.8) is 0 Å². The molecule has 0 unspecified atom stereocenters. The van der Waals surface area contributed by atoms with Crippen LogP contribution >= 0.6 is 0 Å². The number of carbonyl (C=O) groups excluding carboxylic acids is 1.